The molecular weight excluding hydrogens is 625 g/mol. The number of nitrogens with zero attached hydrogens (tertiary/aromatic N) is 3. The summed E-state index contributed by atoms with van der Waals surface area (Å²) in [6, 6.07) is 12.6. The third-order valence-electron chi connectivity index (χ3n) is 12.5. The summed E-state index contributed by atoms with van der Waals surface area (Å²) in [5.74, 6) is 0.957. The van der Waals surface area contributed by atoms with Gasteiger partial charge in [0.1, 0.15) is 5.75 Å². The zero-order valence-corrected chi connectivity index (χ0v) is 28.9. The van der Waals surface area contributed by atoms with Gasteiger partial charge >= 0.3 is 0 Å². The van der Waals surface area contributed by atoms with Crippen LogP contribution in [-0.4, -0.2) is 79.2 Å². The van der Waals surface area contributed by atoms with Crippen molar-refractivity contribution >= 4 is 32.7 Å². The second kappa shape index (κ2) is 11.1. The van der Waals surface area contributed by atoms with Crippen molar-refractivity contribution in [2.45, 2.75) is 106 Å². The first-order valence-corrected chi connectivity index (χ1v) is 19.6. The van der Waals surface area contributed by atoms with E-state index in [4.69, 9.17) is 4.74 Å². The van der Waals surface area contributed by atoms with Crippen LogP contribution in [0.15, 0.2) is 36.4 Å². The van der Waals surface area contributed by atoms with E-state index < -0.39 is 26.6 Å². The summed E-state index contributed by atoms with van der Waals surface area (Å²) in [4.78, 5) is 33.3. The molecule has 2 saturated heterocycles. The summed E-state index contributed by atoms with van der Waals surface area (Å²) < 4.78 is 36.0. The molecule has 9 rings (SSSR count). The monoisotopic (exact) mass is 670 g/mol. The predicted molar refractivity (Wildman–Crippen MR) is 185 cm³/mol. The standard InChI is InChI=1S/C38H46N4O5S/c1-40-20-25-9-6-10-26(21-40)42(25)37(44)38-19-32(38)31-18-27(47-2)12-16-29(31)35-34(23-7-4-3-5-8-23)30-15-11-24(17-33(30)41(35)22-38)36(43)39-48(45,46)28-13-14-28/h11-12,15-18,23,25-26,28,32H,3-10,13-14,19-22H2,1-2H3,(H,39,43). The molecule has 4 heterocycles. The number of carbonyl (C=O) groups is 2. The number of piperazine rings is 1. The Balaban J connectivity index is 1.22. The van der Waals surface area contributed by atoms with E-state index >= 15 is 4.79 Å². The average Bonchev–Trinajstić information content (AvgIpc) is 4.00. The first-order valence-electron chi connectivity index (χ1n) is 18.1. The highest BCUT2D eigenvalue weighted by Gasteiger charge is 2.65. The van der Waals surface area contributed by atoms with Crippen LogP contribution < -0.4 is 9.46 Å². The van der Waals surface area contributed by atoms with E-state index in [1.807, 2.05) is 18.2 Å². The third-order valence-corrected chi connectivity index (χ3v) is 14.4. The summed E-state index contributed by atoms with van der Waals surface area (Å²) >= 11 is 0. The normalized spacial score (nSPS) is 28.6. The minimum absolute atomic E-state index is 0.0832. The van der Waals surface area contributed by atoms with Gasteiger partial charge in [-0.2, -0.15) is 0 Å². The second-order valence-corrected chi connectivity index (χ2v) is 17.6. The lowest BCUT2D eigenvalue weighted by molar-refractivity contribution is -0.149. The van der Waals surface area contributed by atoms with Crippen molar-refractivity contribution in [2.24, 2.45) is 5.41 Å². The maximum atomic E-state index is 15.1. The zero-order valence-electron chi connectivity index (χ0n) is 28.0. The number of hydrogen-bond acceptors (Lipinski definition) is 6. The van der Waals surface area contributed by atoms with Gasteiger partial charge in [-0.3, -0.25) is 9.59 Å². The van der Waals surface area contributed by atoms with Crippen molar-refractivity contribution in [3.05, 3.63) is 53.1 Å². The van der Waals surface area contributed by atoms with Crippen LogP contribution in [0.1, 0.15) is 104 Å². The van der Waals surface area contributed by atoms with Crippen molar-refractivity contribution < 1.29 is 22.7 Å². The second-order valence-electron chi connectivity index (χ2n) is 15.6. The number of carbonyl (C=O) groups excluding carboxylic acids is 2. The first-order chi connectivity index (χ1) is 23.2. The highest BCUT2D eigenvalue weighted by atomic mass is 32.2. The SMILES string of the molecule is COc1ccc2c(c1)C1CC1(C(=O)N1C3CCCC1CN(C)C3)Cn1c-2c(C2CCCCC2)c2ccc(C(=O)NS(=O)(=O)C3CC3)cc21. The van der Waals surface area contributed by atoms with Crippen LogP contribution in [0.2, 0.25) is 0 Å². The Kier molecular flexibility index (Phi) is 7.07. The van der Waals surface area contributed by atoms with Gasteiger partial charge in [0.25, 0.3) is 5.91 Å². The number of likely N-dealkylation sites (N-methyl/N-ethyl adjacent to an activating group) is 1. The minimum Gasteiger partial charge on any atom is -0.497 e. The Bertz CT molecular complexity index is 1930. The molecule has 10 heteroatoms. The molecule has 0 radical (unpaired) electrons. The van der Waals surface area contributed by atoms with Gasteiger partial charge < -0.3 is 19.1 Å². The number of benzene rings is 2. The molecule has 48 heavy (non-hydrogen) atoms. The Labute approximate surface area is 283 Å². The number of nitrogens with one attached hydrogen (secondary N) is 1. The molecule has 6 aliphatic rings. The molecule has 1 N–H and O–H groups in total. The highest BCUT2D eigenvalue weighted by Crippen LogP contribution is 2.66. The van der Waals surface area contributed by atoms with Gasteiger partial charge in [-0.05, 0) is 106 Å². The number of methoxy groups -OCH3 is 1. The fraction of sp³-hybridized carbons (Fsp3) is 0.579. The Morgan fingerprint density at radius 3 is 2.38 bits per heavy atom. The molecule has 3 aromatic rings. The van der Waals surface area contributed by atoms with Crippen LogP contribution >= 0.6 is 0 Å². The van der Waals surface area contributed by atoms with Crippen molar-refractivity contribution in [1.29, 1.82) is 0 Å². The van der Waals surface area contributed by atoms with Crippen LogP contribution in [0.25, 0.3) is 22.2 Å². The van der Waals surface area contributed by atoms with E-state index in [9.17, 15) is 13.2 Å². The fourth-order valence-electron chi connectivity index (χ4n) is 9.98. The third kappa shape index (κ3) is 4.76. The molecule has 5 fully saturated rings. The molecule has 1 aromatic heterocycles. The molecule has 2 amide bonds. The zero-order chi connectivity index (χ0) is 32.9. The van der Waals surface area contributed by atoms with Gasteiger partial charge in [-0.15, -0.1) is 0 Å². The molecule has 4 unspecified atom stereocenters. The molecule has 254 valence electrons. The largest absolute Gasteiger partial charge is 0.497 e. The number of piperidine rings is 1. The molecule has 3 saturated carbocycles. The lowest BCUT2D eigenvalue weighted by Gasteiger charge is -2.50. The van der Waals surface area contributed by atoms with Gasteiger partial charge in [0.2, 0.25) is 15.9 Å². The topological polar surface area (TPSA) is 101 Å². The van der Waals surface area contributed by atoms with Crippen molar-refractivity contribution in [2.75, 3.05) is 27.2 Å². The summed E-state index contributed by atoms with van der Waals surface area (Å²) in [6.07, 6.45) is 11.1. The van der Waals surface area contributed by atoms with Crippen LogP contribution in [0.3, 0.4) is 0 Å². The number of fused-ring (bicyclic) bond motifs is 9. The lowest BCUT2D eigenvalue weighted by atomic mass is 9.81. The Morgan fingerprint density at radius 2 is 1.67 bits per heavy atom. The van der Waals surface area contributed by atoms with Crippen LogP contribution in [-0.2, 0) is 21.4 Å². The molecule has 9 nitrogen and oxygen atoms in total. The summed E-state index contributed by atoms with van der Waals surface area (Å²) in [5.41, 5.74) is 5.49. The average molecular weight is 671 g/mol. The number of aromatic nitrogens is 1. The Morgan fingerprint density at radius 1 is 0.917 bits per heavy atom. The molecule has 2 aromatic carbocycles. The summed E-state index contributed by atoms with van der Waals surface area (Å²) in [6.45, 7) is 2.38. The van der Waals surface area contributed by atoms with Crippen LogP contribution in [0.4, 0.5) is 0 Å². The number of rotatable bonds is 6. The van der Waals surface area contributed by atoms with Crippen molar-refractivity contribution in [1.82, 2.24) is 19.1 Å². The minimum atomic E-state index is -3.69. The molecule has 0 spiro atoms. The van der Waals surface area contributed by atoms with Gasteiger partial charge in [0, 0.05) is 59.7 Å². The predicted octanol–water partition coefficient (Wildman–Crippen LogP) is 5.77. The quantitative estimate of drug-likeness (QED) is 0.358. The van der Waals surface area contributed by atoms with Crippen molar-refractivity contribution in [3.8, 4) is 17.0 Å². The molecule has 3 aliphatic heterocycles. The van der Waals surface area contributed by atoms with Gasteiger partial charge in [-0.1, -0.05) is 25.3 Å². The number of amides is 2. The number of hydrogen-bond donors (Lipinski definition) is 1. The lowest BCUT2D eigenvalue weighted by Crippen LogP contribution is -2.63. The van der Waals surface area contributed by atoms with E-state index in [0.717, 1.165) is 73.1 Å². The molecule has 2 bridgehead atoms. The highest BCUT2D eigenvalue weighted by molar-refractivity contribution is 7.91. The van der Waals surface area contributed by atoms with E-state index in [1.54, 1.807) is 13.2 Å². The number of ether oxygens (including phenoxy) is 1. The number of sulfonamides is 1. The molecular formula is C38H46N4O5S. The maximum absolute atomic E-state index is 15.1. The van der Waals surface area contributed by atoms with Crippen LogP contribution in [0, 0.1) is 5.41 Å². The van der Waals surface area contributed by atoms with Crippen molar-refractivity contribution in [3.63, 3.8) is 0 Å². The summed E-state index contributed by atoms with van der Waals surface area (Å²) in [5, 5.41) is 0.631. The maximum Gasteiger partial charge on any atom is 0.264 e. The fourth-order valence-corrected chi connectivity index (χ4v) is 11.3. The van der Waals surface area contributed by atoms with E-state index in [1.165, 1.54) is 36.8 Å². The van der Waals surface area contributed by atoms with Crippen LogP contribution in [0.5, 0.6) is 5.75 Å². The molecule has 3 aliphatic carbocycles. The van der Waals surface area contributed by atoms with Gasteiger partial charge in [0.15, 0.2) is 0 Å². The van der Waals surface area contributed by atoms with E-state index in [-0.39, 0.29) is 23.9 Å². The van der Waals surface area contributed by atoms with E-state index in [0.29, 0.717) is 30.9 Å². The number of likely N-dealkylation sites (tertiary alicyclic amines) is 1. The first kappa shape index (κ1) is 30.7. The molecule has 4 atom stereocenters. The van der Waals surface area contributed by atoms with E-state index in [2.05, 4.69) is 38.3 Å². The van der Waals surface area contributed by atoms with Gasteiger partial charge in [-0.25, -0.2) is 13.1 Å². The Hall–Kier alpha value is -3.37. The summed E-state index contributed by atoms with van der Waals surface area (Å²) in [7, 11) is 0.190. The van der Waals surface area contributed by atoms with Gasteiger partial charge in [0.05, 0.1) is 23.5 Å². The smallest absolute Gasteiger partial charge is 0.264 e.